The van der Waals surface area contributed by atoms with Crippen LogP contribution in [0.4, 0.5) is 0 Å². The van der Waals surface area contributed by atoms with Gasteiger partial charge in [-0.15, -0.1) is 0 Å². The van der Waals surface area contributed by atoms with E-state index in [9.17, 15) is 24.9 Å². The zero-order valence-corrected chi connectivity index (χ0v) is 21.0. The summed E-state index contributed by atoms with van der Waals surface area (Å²) in [5.41, 5.74) is -3.78. The van der Waals surface area contributed by atoms with Crippen LogP contribution >= 0.6 is 0 Å². The monoisotopic (exact) mass is 470 g/mol. The molecule has 34 heavy (non-hydrogen) atoms. The van der Waals surface area contributed by atoms with Gasteiger partial charge in [-0.05, 0) is 84.1 Å². The highest BCUT2D eigenvalue weighted by Crippen LogP contribution is 2.70. The first-order valence-electron chi connectivity index (χ1n) is 12.7. The zero-order chi connectivity index (χ0) is 24.9. The van der Waals surface area contributed by atoms with Crippen LogP contribution in [0.15, 0.2) is 34.9 Å². The fourth-order valence-corrected chi connectivity index (χ4v) is 8.41. The van der Waals surface area contributed by atoms with E-state index in [0.29, 0.717) is 37.7 Å². The third-order valence-electron chi connectivity index (χ3n) is 11.1. The van der Waals surface area contributed by atoms with Gasteiger partial charge in [0.25, 0.3) is 0 Å². The van der Waals surface area contributed by atoms with Crippen molar-refractivity contribution in [3.8, 4) is 0 Å². The van der Waals surface area contributed by atoms with E-state index < -0.39 is 39.7 Å². The highest BCUT2D eigenvalue weighted by Gasteiger charge is 2.76. The van der Waals surface area contributed by atoms with Crippen LogP contribution < -0.4 is 0 Å². The standard InChI is InChI=1S/C28H38O6/c1-16-15-22(34-23(30)17(16)2)26(5,31)28(33)14-13-27(32)20-10-9-18-7-6-8-21(29)25(18,4)19(20)11-12-24(27,28)3/h6,8-9,19-20,22,31-33H,7,10-15H2,1-5H3/t19-,20+,22+,24-,25-,26-,27+,28-/m0/s1. The predicted molar refractivity (Wildman–Crippen MR) is 127 cm³/mol. The Balaban J connectivity index is 1.53. The molecular formula is C28H38O6. The van der Waals surface area contributed by atoms with Gasteiger partial charge in [-0.1, -0.05) is 30.2 Å². The lowest BCUT2D eigenvalue weighted by Gasteiger charge is -2.63. The predicted octanol–water partition coefficient (Wildman–Crippen LogP) is 3.54. The summed E-state index contributed by atoms with van der Waals surface area (Å²) in [6, 6.07) is 0. The summed E-state index contributed by atoms with van der Waals surface area (Å²) >= 11 is 0. The molecule has 5 aliphatic rings. The molecule has 1 aliphatic heterocycles. The smallest absolute Gasteiger partial charge is 0.334 e. The molecule has 0 aromatic heterocycles. The van der Waals surface area contributed by atoms with Crippen LogP contribution in [0, 0.1) is 22.7 Å². The minimum absolute atomic E-state index is 0.0179. The zero-order valence-electron chi connectivity index (χ0n) is 21.0. The second-order valence-electron chi connectivity index (χ2n) is 12.2. The molecule has 4 aliphatic carbocycles. The SMILES string of the molecule is CC1=C(C)C(=O)O[C@@H]([C@](C)(O)[C@]2(O)CC[C@@]3(O)[C@@H]4CC=C5CC=CC(=O)[C@]5(C)[C@H]4CC[C@]23C)C1. The first-order valence-corrected chi connectivity index (χ1v) is 12.7. The Morgan fingerprint density at radius 1 is 1.09 bits per heavy atom. The molecule has 0 spiro atoms. The summed E-state index contributed by atoms with van der Waals surface area (Å²) in [6.45, 7) is 9.01. The Labute approximate surface area is 201 Å². The first kappa shape index (κ1) is 24.0. The summed E-state index contributed by atoms with van der Waals surface area (Å²) in [7, 11) is 0. The number of cyclic esters (lactones) is 1. The summed E-state index contributed by atoms with van der Waals surface area (Å²) in [4.78, 5) is 25.5. The molecule has 186 valence electrons. The molecule has 0 amide bonds. The molecule has 2 saturated carbocycles. The van der Waals surface area contributed by atoms with Crippen molar-refractivity contribution in [3.05, 3.63) is 34.9 Å². The number of hydrogen-bond acceptors (Lipinski definition) is 6. The maximum absolute atomic E-state index is 13.1. The second-order valence-corrected chi connectivity index (χ2v) is 12.2. The number of carbonyl (C=O) groups excluding carboxylic acids is 2. The van der Waals surface area contributed by atoms with E-state index in [1.54, 1.807) is 19.9 Å². The van der Waals surface area contributed by atoms with Crippen molar-refractivity contribution in [3.63, 3.8) is 0 Å². The molecule has 0 aromatic carbocycles. The molecular weight excluding hydrogens is 432 g/mol. The van der Waals surface area contributed by atoms with Crippen LogP contribution in [0.25, 0.3) is 0 Å². The van der Waals surface area contributed by atoms with Gasteiger partial charge in [0.2, 0.25) is 0 Å². The summed E-state index contributed by atoms with van der Waals surface area (Å²) in [6.07, 6.45) is 8.28. The van der Waals surface area contributed by atoms with E-state index in [1.165, 1.54) is 0 Å². The quantitative estimate of drug-likeness (QED) is 0.421. The third kappa shape index (κ3) is 2.63. The van der Waals surface area contributed by atoms with Crippen molar-refractivity contribution in [1.29, 1.82) is 0 Å². The fraction of sp³-hybridized carbons (Fsp3) is 0.714. The number of allylic oxidation sites excluding steroid dienone is 4. The minimum Gasteiger partial charge on any atom is -0.455 e. The molecule has 0 radical (unpaired) electrons. The normalized spacial score (nSPS) is 47.9. The van der Waals surface area contributed by atoms with E-state index in [4.69, 9.17) is 4.74 Å². The Morgan fingerprint density at radius 2 is 1.79 bits per heavy atom. The van der Waals surface area contributed by atoms with Crippen molar-refractivity contribution >= 4 is 11.8 Å². The average Bonchev–Trinajstić information content (AvgIpc) is 3.00. The molecule has 2 fully saturated rings. The highest BCUT2D eigenvalue weighted by atomic mass is 16.6. The molecule has 0 bridgehead atoms. The summed E-state index contributed by atoms with van der Waals surface area (Å²) in [5.74, 6) is -0.589. The number of rotatable bonds is 2. The van der Waals surface area contributed by atoms with Crippen LogP contribution in [-0.4, -0.2) is 50.0 Å². The maximum Gasteiger partial charge on any atom is 0.334 e. The van der Waals surface area contributed by atoms with Crippen LogP contribution in [0.5, 0.6) is 0 Å². The van der Waals surface area contributed by atoms with E-state index in [2.05, 4.69) is 6.08 Å². The van der Waals surface area contributed by atoms with Gasteiger partial charge in [-0.25, -0.2) is 4.79 Å². The van der Waals surface area contributed by atoms with E-state index in [-0.39, 0.29) is 24.0 Å². The lowest BCUT2D eigenvalue weighted by Crippen LogP contribution is -2.72. The molecule has 0 unspecified atom stereocenters. The van der Waals surface area contributed by atoms with E-state index in [0.717, 1.165) is 17.6 Å². The van der Waals surface area contributed by atoms with Crippen LogP contribution in [0.3, 0.4) is 0 Å². The van der Waals surface area contributed by atoms with Crippen LogP contribution in [0.1, 0.15) is 79.6 Å². The van der Waals surface area contributed by atoms with E-state index >= 15 is 0 Å². The van der Waals surface area contributed by atoms with Crippen molar-refractivity contribution in [1.82, 2.24) is 0 Å². The largest absolute Gasteiger partial charge is 0.455 e. The van der Waals surface area contributed by atoms with Gasteiger partial charge in [0, 0.05) is 17.4 Å². The Kier molecular flexibility index (Phi) is 5.03. The lowest BCUT2D eigenvalue weighted by atomic mass is 9.44. The van der Waals surface area contributed by atoms with Gasteiger partial charge >= 0.3 is 5.97 Å². The Morgan fingerprint density at radius 3 is 2.47 bits per heavy atom. The lowest BCUT2D eigenvalue weighted by molar-refractivity contribution is -0.279. The number of esters is 1. The van der Waals surface area contributed by atoms with Gasteiger partial charge in [0.15, 0.2) is 5.78 Å². The van der Waals surface area contributed by atoms with Gasteiger partial charge in [0.05, 0.1) is 11.0 Å². The summed E-state index contributed by atoms with van der Waals surface area (Å²) in [5, 5.41) is 36.5. The molecule has 8 atom stereocenters. The topological polar surface area (TPSA) is 104 Å². The van der Waals surface area contributed by atoms with Crippen LogP contribution in [0.2, 0.25) is 0 Å². The molecule has 6 heteroatoms. The van der Waals surface area contributed by atoms with E-state index in [1.807, 2.05) is 26.8 Å². The number of ether oxygens (including phenoxy) is 1. The molecule has 6 nitrogen and oxygen atoms in total. The minimum atomic E-state index is -1.75. The molecule has 3 N–H and O–H groups in total. The fourth-order valence-electron chi connectivity index (χ4n) is 8.41. The number of ketones is 1. The van der Waals surface area contributed by atoms with Gasteiger partial charge in [-0.3, -0.25) is 4.79 Å². The molecule has 1 heterocycles. The Hall–Kier alpha value is -1.76. The van der Waals surface area contributed by atoms with Crippen molar-refractivity contribution < 1.29 is 29.6 Å². The molecule has 5 rings (SSSR count). The number of carbonyl (C=O) groups is 2. The third-order valence-corrected chi connectivity index (χ3v) is 11.1. The van der Waals surface area contributed by atoms with Gasteiger partial charge < -0.3 is 20.1 Å². The van der Waals surface area contributed by atoms with Crippen molar-refractivity contribution in [2.24, 2.45) is 22.7 Å². The second kappa shape index (κ2) is 7.14. The number of fused-ring (bicyclic) bond motifs is 5. The molecule has 0 saturated heterocycles. The van der Waals surface area contributed by atoms with Crippen LogP contribution in [-0.2, 0) is 14.3 Å². The van der Waals surface area contributed by atoms with Crippen molar-refractivity contribution in [2.45, 2.75) is 102 Å². The maximum atomic E-state index is 13.1. The van der Waals surface area contributed by atoms with Gasteiger partial charge in [-0.2, -0.15) is 0 Å². The highest BCUT2D eigenvalue weighted by molar-refractivity contribution is 5.98. The number of aliphatic hydroxyl groups is 3. The number of hydrogen-bond donors (Lipinski definition) is 3. The first-order chi connectivity index (χ1) is 15.7. The summed E-state index contributed by atoms with van der Waals surface area (Å²) < 4.78 is 5.63. The van der Waals surface area contributed by atoms with Gasteiger partial charge in [0.1, 0.15) is 17.3 Å². The molecule has 0 aromatic rings. The average molecular weight is 471 g/mol. The Bertz CT molecular complexity index is 1050. The van der Waals surface area contributed by atoms with Crippen molar-refractivity contribution in [2.75, 3.05) is 0 Å².